The molecule has 0 bridgehead atoms. The zero-order valence-corrected chi connectivity index (χ0v) is 13.2. The lowest BCUT2D eigenvalue weighted by Gasteiger charge is -2.30. The molecule has 1 N–H and O–H groups in total. The van der Waals surface area contributed by atoms with Gasteiger partial charge in [-0.05, 0) is 41.8 Å². The molecule has 3 nitrogen and oxygen atoms in total. The number of aliphatic hydroxyl groups excluding tert-OH is 1. The highest BCUT2D eigenvalue weighted by Gasteiger charge is 2.18. The molecular formula is C18H20ClNO2. The topological polar surface area (TPSA) is 32.7 Å². The van der Waals surface area contributed by atoms with E-state index >= 15 is 0 Å². The Balaban J connectivity index is 1.48. The Bertz CT molecular complexity index is 615. The van der Waals surface area contributed by atoms with Crippen LogP contribution in [0.4, 0.5) is 0 Å². The highest BCUT2D eigenvalue weighted by Crippen LogP contribution is 2.19. The molecule has 1 aliphatic heterocycles. The molecule has 3 rings (SSSR count). The van der Waals surface area contributed by atoms with Crippen LogP contribution in [0.15, 0.2) is 48.5 Å². The molecule has 2 aromatic carbocycles. The number of halogens is 1. The van der Waals surface area contributed by atoms with E-state index in [9.17, 15) is 5.11 Å². The van der Waals surface area contributed by atoms with Crippen LogP contribution in [0.1, 0.15) is 11.1 Å². The normalized spacial score (nSPS) is 16.1. The molecule has 0 aromatic heterocycles. The first-order valence-electron chi connectivity index (χ1n) is 7.56. The molecule has 0 spiro atoms. The Kier molecular flexibility index (Phi) is 4.98. The minimum Gasteiger partial charge on any atom is -0.491 e. The number of hydrogen-bond donors (Lipinski definition) is 1. The largest absolute Gasteiger partial charge is 0.491 e. The maximum absolute atomic E-state index is 10.2. The van der Waals surface area contributed by atoms with Gasteiger partial charge >= 0.3 is 0 Å². The zero-order valence-electron chi connectivity index (χ0n) is 12.4. The molecule has 22 heavy (non-hydrogen) atoms. The van der Waals surface area contributed by atoms with Crippen molar-refractivity contribution < 1.29 is 9.84 Å². The second-order valence-corrected chi connectivity index (χ2v) is 6.11. The van der Waals surface area contributed by atoms with E-state index in [0.717, 1.165) is 25.3 Å². The van der Waals surface area contributed by atoms with Crippen molar-refractivity contribution in [3.05, 3.63) is 64.7 Å². The highest BCUT2D eigenvalue weighted by atomic mass is 35.5. The molecule has 4 heteroatoms. The van der Waals surface area contributed by atoms with Crippen LogP contribution in [0.25, 0.3) is 0 Å². The third-order valence-corrected chi connectivity index (χ3v) is 4.19. The molecule has 1 aliphatic rings. The molecule has 0 aliphatic carbocycles. The smallest absolute Gasteiger partial charge is 0.119 e. The number of benzene rings is 2. The van der Waals surface area contributed by atoms with Gasteiger partial charge in [0, 0.05) is 24.7 Å². The van der Waals surface area contributed by atoms with Crippen LogP contribution >= 0.6 is 11.6 Å². The average molecular weight is 318 g/mol. The van der Waals surface area contributed by atoms with Crippen LogP contribution in [-0.2, 0) is 13.0 Å². The van der Waals surface area contributed by atoms with Crippen molar-refractivity contribution in [2.75, 3.05) is 19.7 Å². The summed E-state index contributed by atoms with van der Waals surface area (Å²) in [5.74, 6) is 0.729. The van der Waals surface area contributed by atoms with E-state index in [2.05, 4.69) is 29.2 Å². The van der Waals surface area contributed by atoms with Crippen LogP contribution in [-0.4, -0.2) is 35.8 Å². The number of aliphatic hydroxyl groups is 1. The van der Waals surface area contributed by atoms with E-state index in [1.54, 1.807) is 12.1 Å². The van der Waals surface area contributed by atoms with Gasteiger partial charge in [-0.3, -0.25) is 4.90 Å². The Morgan fingerprint density at radius 3 is 2.59 bits per heavy atom. The van der Waals surface area contributed by atoms with Gasteiger partial charge in [0.2, 0.25) is 0 Å². The van der Waals surface area contributed by atoms with Crippen LogP contribution in [0.3, 0.4) is 0 Å². The van der Waals surface area contributed by atoms with Gasteiger partial charge in [0.15, 0.2) is 0 Å². The predicted octanol–water partition coefficient (Wildman–Crippen LogP) is 3.14. The second kappa shape index (κ2) is 7.14. The minimum atomic E-state index is -0.499. The molecule has 0 saturated heterocycles. The first-order valence-corrected chi connectivity index (χ1v) is 7.94. The third kappa shape index (κ3) is 4.01. The van der Waals surface area contributed by atoms with Crippen LogP contribution in [0.2, 0.25) is 5.02 Å². The van der Waals surface area contributed by atoms with Gasteiger partial charge in [0.05, 0.1) is 0 Å². The predicted molar refractivity (Wildman–Crippen MR) is 88.4 cm³/mol. The van der Waals surface area contributed by atoms with E-state index in [1.165, 1.54) is 11.1 Å². The lowest BCUT2D eigenvalue weighted by molar-refractivity contribution is 0.0638. The van der Waals surface area contributed by atoms with Crippen LogP contribution in [0, 0.1) is 0 Å². The number of nitrogens with zero attached hydrogens (tertiary/aromatic N) is 1. The molecule has 116 valence electrons. The maximum atomic E-state index is 10.2. The fraction of sp³-hybridized carbons (Fsp3) is 0.333. The van der Waals surface area contributed by atoms with Gasteiger partial charge in [0.25, 0.3) is 0 Å². The van der Waals surface area contributed by atoms with Crippen LogP contribution in [0.5, 0.6) is 5.75 Å². The Morgan fingerprint density at radius 2 is 1.82 bits per heavy atom. The van der Waals surface area contributed by atoms with E-state index in [0.29, 0.717) is 18.2 Å². The van der Waals surface area contributed by atoms with Crippen molar-refractivity contribution >= 4 is 11.6 Å². The molecular weight excluding hydrogens is 298 g/mol. The Hall–Kier alpha value is -1.55. The minimum absolute atomic E-state index is 0.291. The zero-order chi connectivity index (χ0) is 15.4. The second-order valence-electron chi connectivity index (χ2n) is 5.67. The van der Waals surface area contributed by atoms with E-state index in [-0.39, 0.29) is 0 Å². The van der Waals surface area contributed by atoms with Crippen LogP contribution < -0.4 is 4.74 Å². The number of fused-ring (bicyclic) bond motifs is 1. The average Bonchev–Trinajstić information content (AvgIpc) is 2.54. The van der Waals surface area contributed by atoms with Gasteiger partial charge in [-0.15, -0.1) is 0 Å². The van der Waals surface area contributed by atoms with Crippen molar-refractivity contribution in [2.45, 2.75) is 19.1 Å². The first kappa shape index (κ1) is 15.3. The number of hydrogen-bond acceptors (Lipinski definition) is 3. The van der Waals surface area contributed by atoms with Crippen molar-refractivity contribution in [1.82, 2.24) is 4.90 Å². The SMILES string of the molecule is O[C@@H](COc1ccc(Cl)cc1)CN1CCc2ccccc2C1. The fourth-order valence-electron chi connectivity index (χ4n) is 2.78. The summed E-state index contributed by atoms with van der Waals surface area (Å²) in [7, 11) is 0. The molecule has 0 unspecified atom stereocenters. The van der Waals surface area contributed by atoms with Gasteiger partial charge < -0.3 is 9.84 Å². The standard InChI is InChI=1S/C18H20ClNO2/c19-16-5-7-18(8-6-16)22-13-17(21)12-20-10-9-14-3-1-2-4-15(14)11-20/h1-8,17,21H,9-13H2/t17-/m1/s1. The summed E-state index contributed by atoms with van der Waals surface area (Å²) in [6.45, 7) is 2.80. The van der Waals surface area contributed by atoms with Gasteiger partial charge in [-0.1, -0.05) is 35.9 Å². The van der Waals surface area contributed by atoms with E-state index in [1.807, 2.05) is 12.1 Å². The van der Waals surface area contributed by atoms with E-state index < -0.39 is 6.10 Å². The number of rotatable bonds is 5. The van der Waals surface area contributed by atoms with Crippen molar-refractivity contribution in [2.24, 2.45) is 0 Å². The molecule has 1 atom stereocenters. The van der Waals surface area contributed by atoms with E-state index in [4.69, 9.17) is 16.3 Å². The van der Waals surface area contributed by atoms with Gasteiger partial charge in [0.1, 0.15) is 18.5 Å². The summed E-state index contributed by atoms with van der Waals surface area (Å²) in [6, 6.07) is 15.7. The third-order valence-electron chi connectivity index (χ3n) is 3.93. The Labute approximate surface area is 136 Å². The molecule has 1 heterocycles. The highest BCUT2D eigenvalue weighted by molar-refractivity contribution is 6.30. The quantitative estimate of drug-likeness (QED) is 0.919. The van der Waals surface area contributed by atoms with Gasteiger partial charge in [-0.2, -0.15) is 0 Å². The lowest BCUT2D eigenvalue weighted by Crippen LogP contribution is -2.38. The summed E-state index contributed by atoms with van der Waals surface area (Å²) < 4.78 is 5.60. The van der Waals surface area contributed by atoms with Crippen molar-refractivity contribution in [3.63, 3.8) is 0 Å². The summed E-state index contributed by atoms with van der Waals surface area (Å²) in [5, 5.41) is 10.9. The summed E-state index contributed by atoms with van der Waals surface area (Å²) >= 11 is 5.83. The van der Waals surface area contributed by atoms with Crippen molar-refractivity contribution in [1.29, 1.82) is 0 Å². The molecule has 2 aromatic rings. The monoisotopic (exact) mass is 317 g/mol. The summed E-state index contributed by atoms with van der Waals surface area (Å²) in [5.41, 5.74) is 2.78. The fourth-order valence-corrected chi connectivity index (χ4v) is 2.91. The summed E-state index contributed by atoms with van der Waals surface area (Å²) in [6.07, 6.45) is 0.543. The van der Waals surface area contributed by atoms with Crippen molar-refractivity contribution in [3.8, 4) is 5.75 Å². The maximum Gasteiger partial charge on any atom is 0.119 e. The van der Waals surface area contributed by atoms with Gasteiger partial charge in [-0.25, -0.2) is 0 Å². The molecule has 0 radical (unpaired) electrons. The lowest BCUT2D eigenvalue weighted by atomic mass is 10.00. The molecule has 0 saturated carbocycles. The number of β-amino-alcohol motifs (C(OH)–C–C–N with tert-alkyl or cyclic N) is 1. The molecule has 0 fully saturated rings. The Morgan fingerprint density at radius 1 is 1.09 bits per heavy atom. The molecule has 0 amide bonds. The first-order chi connectivity index (χ1) is 10.7. The summed E-state index contributed by atoms with van der Waals surface area (Å²) in [4.78, 5) is 2.28. The number of ether oxygens (including phenoxy) is 1.